The minimum absolute atomic E-state index is 0.0559. The van der Waals surface area contributed by atoms with E-state index in [1.54, 1.807) is 37.4 Å². The molecule has 0 saturated heterocycles. The van der Waals surface area contributed by atoms with Gasteiger partial charge in [0.15, 0.2) is 0 Å². The molecule has 7 heteroatoms. The van der Waals surface area contributed by atoms with Gasteiger partial charge >= 0.3 is 0 Å². The van der Waals surface area contributed by atoms with Gasteiger partial charge in [-0.05, 0) is 35.9 Å². The molecule has 0 spiro atoms. The Hall–Kier alpha value is -2.68. The number of nitrogens with one attached hydrogen (secondary N) is 2. The Labute approximate surface area is 155 Å². The maximum atomic E-state index is 12.1. The number of anilines is 1. The molecule has 0 aliphatic carbocycles. The van der Waals surface area contributed by atoms with Crippen molar-refractivity contribution >= 4 is 34.8 Å². The number of methoxy groups -OCH3 is 1. The van der Waals surface area contributed by atoms with E-state index in [0.29, 0.717) is 22.3 Å². The Bertz CT molecular complexity index is 827. The lowest BCUT2D eigenvalue weighted by atomic mass is 10.2. The van der Waals surface area contributed by atoms with Gasteiger partial charge in [0.25, 0.3) is 5.91 Å². The van der Waals surface area contributed by atoms with Gasteiger partial charge in [-0.2, -0.15) is 5.26 Å². The highest BCUT2D eigenvalue weighted by Crippen LogP contribution is 2.25. The lowest BCUT2D eigenvalue weighted by Crippen LogP contribution is -2.24. The fourth-order valence-electron chi connectivity index (χ4n) is 1.91. The molecule has 25 heavy (non-hydrogen) atoms. The summed E-state index contributed by atoms with van der Waals surface area (Å²) < 4.78 is 5.07. The minimum atomic E-state index is -0.481. The quantitative estimate of drug-likeness (QED) is 0.587. The average molecular weight is 376 g/mol. The van der Waals surface area contributed by atoms with Crippen LogP contribution in [0.5, 0.6) is 5.75 Å². The summed E-state index contributed by atoms with van der Waals surface area (Å²) >= 11 is 11.8. The van der Waals surface area contributed by atoms with Crippen molar-refractivity contribution in [2.75, 3.05) is 12.4 Å². The Kier molecular flexibility index (Phi) is 6.70. The monoisotopic (exact) mass is 375 g/mol. The third kappa shape index (κ3) is 5.42. The van der Waals surface area contributed by atoms with Crippen molar-refractivity contribution in [2.45, 2.75) is 6.54 Å². The second-order valence-corrected chi connectivity index (χ2v) is 5.79. The topological polar surface area (TPSA) is 74.1 Å². The van der Waals surface area contributed by atoms with E-state index < -0.39 is 5.91 Å². The van der Waals surface area contributed by atoms with Crippen LogP contribution in [0, 0.1) is 11.3 Å². The first-order valence-corrected chi connectivity index (χ1v) is 8.02. The van der Waals surface area contributed by atoms with E-state index >= 15 is 0 Å². The van der Waals surface area contributed by atoms with Gasteiger partial charge in [-0.1, -0.05) is 35.3 Å². The van der Waals surface area contributed by atoms with E-state index in [1.165, 1.54) is 6.20 Å². The van der Waals surface area contributed by atoms with Crippen molar-refractivity contribution in [3.8, 4) is 11.8 Å². The summed E-state index contributed by atoms with van der Waals surface area (Å²) in [5.74, 6) is 0.254. The molecule has 0 bridgehead atoms. The summed E-state index contributed by atoms with van der Waals surface area (Å²) in [5.41, 5.74) is 1.45. The molecule has 0 saturated carbocycles. The minimum Gasteiger partial charge on any atom is -0.497 e. The van der Waals surface area contributed by atoms with Gasteiger partial charge in [-0.25, -0.2) is 0 Å². The van der Waals surface area contributed by atoms with E-state index in [1.807, 2.05) is 18.2 Å². The molecule has 0 aromatic heterocycles. The summed E-state index contributed by atoms with van der Waals surface area (Å²) in [4.78, 5) is 12.1. The number of nitrogens with zero attached hydrogens (tertiary/aromatic N) is 1. The van der Waals surface area contributed by atoms with Crippen LogP contribution in [0.4, 0.5) is 5.69 Å². The smallest absolute Gasteiger partial charge is 0.263 e. The zero-order valence-corrected chi connectivity index (χ0v) is 14.9. The van der Waals surface area contributed by atoms with Crippen LogP contribution in [0.15, 0.2) is 54.2 Å². The van der Waals surface area contributed by atoms with Gasteiger partial charge in [0.1, 0.15) is 17.4 Å². The van der Waals surface area contributed by atoms with Crippen molar-refractivity contribution in [3.05, 3.63) is 69.8 Å². The number of carbonyl (C=O) groups is 1. The van der Waals surface area contributed by atoms with Crippen molar-refractivity contribution < 1.29 is 9.53 Å². The summed E-state index contributed by atoms with van der Waals surface area (Å²) in [6.45, 7) is 0.300. The molecular formula is C18H15Cl2N3O2. The standard InChI is InChI=1S/C18H15Cl2N3O2/c1-25-15-5-2-12(3-6-15)10-23-18(24)13(9-21)11-22-14-4-7-16(19)17(20)8-14/h2-8,11,22H,10H2,1H3,(H,23,24)/b13-11-. The predicted octanol–water partition coefficient (Wildman–Crippen LogP) is 4.14. The SMILES string of the molecule is COc1ccc(CNC(=O)/C(C#N)=C\Nc2ccc(Cl)c(Cl)c2)cc1. The van der Waals surface area contributed by atoms with E-state index in [0.717, 1.165) is 11.3 Å². The van der Waals surface area contributed by atoms with Crippen molar-refractivity contribution in [1.29, 1.82) is 5.26 Å². The molecule has 5 nitrogen and oxygen atoms in total. The van der Waals surface area contributed by atoms with Gasteiger partial charge < -0.3 is 15.4 Å². The normalized spacial score (nSPS) is 10.7. The van der Waals surface area contributed by atoms with Gasteiger partial charge in [-0.3, -0.25) is 4.79 Å². The molecule has 0 atom stereocenters. The molecule has 0 unspecified atom stereocenters. The van der Waals surface area contributed by atoms with Crippen molar-refractivity contribution in [2.24, 2.45) is 0 Å². The van der Waals surface area contributed by atoms with E-state index in [9.17, 15) is 4.79 Å². The van der Waals surface area contributed by atoms with Crippen LogP contribution >= 0.6 is 23.2 Å². The zero-order chi connectivity index (χ0) is 18.2. The van der Waals surface area contributed by atoms with Crippen molar-refractivity contribution in [1.82, 2.24) is 5.32 Å². The first-order chi connectivity index (χ1) is 12.0. The Morgan fingerprint density at radius 1 is 1.20 bits per heavy atom. The molecule has 0 fully saturated rings. The van der Waals surface area contributed by atoms with Crippen LogP contribution in [0.25, 0.3) is 0 Å². The average Bonchev–Trinajstić information content (AvgIpc) is 2.63. The van der Waals surface area contributed by atoms with Gasteiger partial charge in [0.05, 0.1) is 17.2 Å². The first-order valence-electron chi connectivity index (χ1n) is 7.26. The third-order valence-electron chi connectivity index (χ3n) is 3.28. The molecule has 128 valence electrons. The highest BCUT2D eigenvalue weighted by molar-refractivity contribution is 6.42. The first kappa shape index (κ1) is 18.7. The summed E-state index contributed by atoms with van der Waals surface area (Å²) in [6.07, 6.45) is 1.32. The summed E-state index contributed by atoms with van der Waals surface area (Å²) in [6, 6.07) is 14.0. The predicted molar refractivity (Wildman–Crippen MR) is 98.6 cm³/mol. The molecular weight excluding hydrogens is 361 g/mol. The Morgan fingerprint density at radius 2 is 1.92 bits per heavy atom. The summed E-state index contributed by atoms with van der Waals surface area (Å²) in [5, 5.41) is 15.5. The summed E-state index contributed by atoms with van der Waals surface area (Å²) in [7, 11) is 1.58. The van der Waals surface area contributed by atoms with Crippen LogP contribution in [0.2, 0.25) is 10.0 Å². The fraction of sp³-hybridized carbons (Fsp3) is 0.111. The third-order valence-corrected chi connectivity index (χ3v) is 4.02. The highest BCUT2D eigenvalue weighted by Gasteiger charge is 2.09. The largest absolute Gasteiger partial charge is 0.497 e. The molecule has 2 aromatic rings. The lowest BCUT2D eigenvalue weighted by molar-refractivity contribution is -0.117. The maximum Gasteiger partial charge on any atom is 0.263 e. The Balaban J connectivity index is 1.97. The molecule has 0 aliphatic heterocycles. The van der Waals surface area contributed by atoms with Crippen LogP contribution in [-0.4, -0.2) is 13.0 Å². The number of halogens is 2. The molecule has 2 aromatic carbocycles. The second-order valence-electron chi connectivity index (χ2n) is 4.97. The lowest BCUT2D eigenvalue weighted by Gasteiger charge is -2.07. The number of rotatable bonds is 6. The molecule has 0 heterocycles. The number of hydrogen-bond acceptors (Lipinski definition) is 4. The number of ether oxygens (including phenoxy) is 1. The fourth-order valence-corrected chi connectivity index (χ4v) is 2.21. The van der Waals surface area contributed by atoms with Crippen LogP contribution in [0.3, 0.4) is 0 Å². The molecule has 1 amide bonds. The van der Waals surface area contributed by atoms with E-state index in [2.05, 4.69) is 10.6 Å². The molecule has 0 aliphatic rings. The molecule has 0 radical (unpaired) electrons. The van der Waals surface area contributed by atoms with E-state index in [-0.39, 0.29) is 5.57 Å². The molecule has 2 N–H and O–H groups in total. The van der Waals surface area contributed by atoms with Crippen LogP contribution in [0.1, 0.15) is 5.56 Å². The second kappa shape index (κ2) is 8.97. The molecule has 2 rings (SSSR count). The highest BCUT2D eigenvalue weighted by atomic mass is 35.5. The zero-order valence-electron chi connectivity index (χ0n) is 13.3. The van der Waals surface area contributed by atoms with Gasteiger partial charge in [-0.15, -0.1) is 0 Å². The van der Waals surface area contributed by atoms with Crippen LogP contribution < -0.4 is 15.4 Å². The number of carbonyl (C=O) groups excluding carboxylic acids is 1. The van der Waals surface area contributed by atoms with Crippen molar-refractivity contribution in [3.63, 3.8) is 0 Å². The number of hydrogen-bond donors (Lipinski definition) is 2. The number of amides is 1. The van der Waals surface area contributed by atoms with E-state index in [4.69, 9.17) is 33.2 Å². The van der Waals surface area contributed by atoms with Gasteiger partial charge in [0, 0.05) is 18.4 Å². The van der Waals surface area contributed by atoms with Crippen LogP contribution in [-0.2, 0) is 11.3 Å². The Morgan fingerprint density at radius 3 is 2.52 bits per heavy atom. The number of nitriles is 1. The van der Waals surface area contributed by atoms with Gasteiger partial charge in [0.2, 0.25) is 0 Å². The number of benzene rings is 2. The maximum absolute atomic E-state index is 12.1.